The molecule has 1 unspecified atom stereocenters. The Morgan fingerprint density at radius 1 is 1.45 bits per heavy atom. The third kappa shape index (κ3) is 3.73. The van der Waals surface area contributed by atoms with Gasteiger partial charge in [0.1, 0.15) is 6.23 Å². The quantitative estimate of drug-likeness (QED) is 0.629. The Bertz CT molecular complexity index is 89.6. The zero-order valence-corrected chi connectivity index (χ0v) is 7.44. The van der Waals surface area contributed by atoms with E-state index in [-0.39, 0.29) is 0 Å². The SMILES string of the molecule is CCCCNC1CCCCO1. The maximum Gasteiger partial charge on any atom is 0.108 e. The number of nitrogens with one attached hydrogen (secondary N) is 1. The number of hydrogen-bond donors (Lipinski definition) is 1. The van der Waals surface area contributed by atoms with Gasteiger partial charge in [0.25, 0.3) is 0 Å². The predicted octanol–water partition coefficient (Wildman–Crippen LogP) is 1.90. The van der Waals surface area contributed by atoms with E-state index in [1.807, 2.05) is 0 Å². The standard InChI is InChI=1S/C9H19NO/c1-2-3-7-10-9-6-4-5-8-11-9/h9-10H,2-8H2,1H3. The third-order valence-corrected chi connectivity index (χ3v) is 2.08. The first kappa shape index (κ1) is 9.01. The van der Waals surface area contributed by atoms with Crippen LogP contribution >= 0.6 is 0 Å². The monoisotopic (exact) mass is 157 g/mol. The molecule has 0 amide bonds. The molecule has 1 aliphatic rings. The molecule has 0 bridgehead atoms. The Hall–Kier alpha value is -0.0800. The summed E-state index contributed by atoms with van der Waals surface area (Å²) in [5.74, 6) is 0. The van der Waals surface area contributed by atoms with Gasteiger partial charge in [-0.05, 0) is 32.2 Å². The van der Waals surface area contributed by atoms with E-state index in [0.717, 1.165) is 13.2 Å². The van der Waals surface area contributed by atoms with E-state index in [2.05, 4.69) is 12.2 Å². The smallest absolute Gasteiger partial charge is 0.108 e. The fourth-order valence-corrected chi connectivity index (χ4v) is 1.34. The molecule has 1 heterocycles. The van der Waals surface area contributed by atoms with Gasteiger partial charge in [-0.25, -0.2) is 0 Å². The fraction of sp³-hybridized carbons (Fsp3) is 1.00. The minimum Gasteiger partial charge on any atom is -0.363 e. The molecular formula is C9H19NO. The Balaban J connectivity index is 1.96. The van der Waals surface area contributed by atoms with Gasteiger partial charge in [-0.1, -0.05) is 13.3 Å². The number of ether oxygens (including phenoxy) is 1. The van der Waals surface area contributed by atoms with Crippen molar-refractivity contribution in [3.63, 3.8) is 0 Å². The summed E-state index contributed by atoms with van der Waals surface area (Å²) in [6.07, 6.45) is 6.65. The van der Waals surface area contributed by atoms with Crippen LogP contribution < -0.4 is 5.32 Å². The van der Waals surface area contributed by atoms with Crippen molar-refractivity contribution in [1.82, 2.24) is 5.32 Å². The first-order valence-electron chi connectivity index (χ1n) is 4.78. The van der Waals surface area contributed by atoms with E-state index in [1.165, 1.54) is 32.1 Å². The van der Waals surface area contributed by atoms with E-state index in [0.29, 0.717) is 6.23 Å². The normalized spacial score (nSPS) is 25.4. The maximum atomic E-state index is 5.51. The molecule has 1 saturated heterocycles. The van der Waals surface area contributed by atoms with E-state index in [4.69, 9.17) is 4.74 Å². The molecule has 66 valence electrons. The van der Waals surface area contributed by atoms with Crippen LogP contribution in [0.5, 0.6) is 0 Å². The Morgan fingerprint density at radius 2 is 2.36 bits per heavy atom. The topological polar surface area (TPSA) is 21.3 Å². The summed E-state index contributed by atoms with van der Waals surface area (Å²) in [4.78, 5) is 0. The predicted molar refractivity (Wildman–Crippen MR) is 46.5 cm³/mol. The molecule has 1 rings (SSSR count). The average Bonchev–Trinajstić information content (AvgIpc) is 2.07. The molecule has 1 N–H and O–H groups in total. The summed E-state index contributed by atoms with van der Waals surface area (Å²) < 4.78 is 5.51. The summed E-state index contributed by atoms with van der Waals surface area (Å²) in [5, 5.41) is 3.40. The van der Waals surface area contributed by atoms with Crippen LogP contribution in [0.15, 0.2) is 0 Å². The van der Waals surface area contributed by atoms with Gasteiger partial charge in [0.2, 0.25) is 0 Å². The van der Waals surface area contributed by atoms with Crippen LogP contribution in [0, 0.1) is 0 Å². The molecule has 0 aromatic heterocycles. The van der Waals surface area contributed by atoms with Crippen molar-refractivity contribution >= 4 is 0 Å². The van der Waals surface area contributed by atoms with Crippen LogP contribution in [-0.4, -0.2) is 19.4 Å². The highest BCUT2D eigenvalue weighted by Gasteiger charge is 2.11. The second-order valence-electron chi connectivity index (χ2n) is 3.16. The summed E-state index contributed by atoms with van der Waals surface area (Å²) in [6.45, 7) is 4.27. The van der Waals surface area contributed by atoms with Crippen molar-refractivity contribution < 1.29 is 4.74 Å². The van der Waals surface area contributed by atoms with E-state index in [9.17, 15) is 0 Å². The Morgan fingerprint density at radius 3 is 3.00 bits per heavy atom. The molecule has 0 aromatic carbocycles. The van der Waals surface area contributed by atoms with Gasteiger partial charge in [-0.3, -0.25) is 5.32 Å². The zero-order chi connectivity index (χ0) is 7.94. The fourth-order valence-electron chi connectivity index (χ4n) is 1.34. The largest absolute Gasteiger partial charge is 0.363 e. The van der Waals surface area contributed by atoms with Crippen LogP contribution in [0.3, 0.4) is 0 Å². The molecule has 0 saturated carbocycles. The van der Waals surface area contributed by atoms with Gasteiger partial charge in [0.05, 0.1) is 0 Å². The minimum absolute atomic E-state index is 0.357. The molecule has 2 nitrogen and oxygen atoms in total. The molecule has 2 heteroatoms. The summed E-state index contributed by atoms with van der Waals surface area (Å²) in [7, 11) is 0. The van der Waals surface area contributed by atoms with Crippen LogP contribution in [0.25, 0.3) is 0 Å². The highest BCUT2D eigenvalue weighted by Crippen LogP contribution is 2.09. The van der Waals surface area contributed by atoms with Crippen molar-refractivity contribution in [2.45, 2.75) is 45.3 Å². The van der Waals surface area contributed by atoms with Gasteiger partial charge in [0, 0.05) is 6.61 Å². The molecule has 1 atom stereocenters. The third-order valence-electron chi connectivity index (χ3n) is 2.08. The van der Waals surface area contributed by atoms with E-state index in [1.54, 1.807) is 0 Å². The molecule has 1 aliphatic heterocycles. The summed E-state index contributed by atoms with van der Waals surface area (Å²) >= 11 is 0. The molecule has 1 fully saturated rings. The van der Waals surface area contributed by atoms with Crippen LogP contribution in [0.2, 0.25) is 0 Å². The Kier molecular flexibility index (Phi) is 4.55. The minimum atomic E-state index is 0.357. The maximum absolute atomic E-state index is 5.51. The second-order valence-corrected chi connectivity index (χ2v) is 3.16. The number of unbranched alkanes of at least 4 members (excludes halogenated alkanes) is 1. The van der Waals surface area contributed by atoms with Gasteiger partial charge >= 0.3 is 0 Å². The summed E-state index contributed by atoms with van der Waals surface area (Å²) in [6, 6.07) is 0. The molecule has 0 spiro atoms. The van der Waals surface area contributed by atoms with Crippen molar-refractivity contribution in [2.75, 3.05) is 13.2 Å². The molecule has 0 aliphatic carbocycles. The van der Waals surface area contributed by atoms with Crippen molar-refractivity contribution in [1.29, 1.82) is 0 Å². The van der Waals surface area contributed by atoms with Gasteiger partial charge in [-0.2, -0.15) is 0 Å². The molecule has 11 heavy (non-hydrogen) atoms. The van der Waals surface area contributed by atoms with Crippen LogP contribution in [0.4, 0.5) is 0 Å². The van der Waals surface area contributed by atoms with Crippen molar-refractivity contribution in [3.05, 3.63) is 0 Å². The first-order valence-corrected chi connectivity index (χ1v) is 4.78. The second kappa shape index (κ2) is 5.56. The van der Waals surface area contributed by atoms with Crippen molar-refractivity contribution in [3.8, 4) is 0 Å². The Labute approximate surface area is 69.3 Å². The lowest BCUT2D eigenvalue weighted by molar-refractivity contribution is -0.00507. The lowest BCUT2D eigenvalue weighted by atomic mass is 10.2. The molecule has 0 radical (unpaired) electrons. The van der Waals surface area contributed by atoms with Gasteiger partial charge in [-0.15, -0.1) is 0 Å². The highest BCUT2D eigenvalue weighted by molar-refractivity contribution is 4.60. The lowest BCUT2D eigenvalue weighted by Gasteiger charge is -2.23. The summed E-state index contributed by atoms with van der Waals surface area (Å²) in [5.41, 5.74) is 0. The zero-order valence-electron chi connectivity index (χ0n) is 7.44. The van der Waals surface area contributed by atoms with Gasteiger partial charge in [0.15, 0.2) is 0 Å². The highest BCUT2D eigenvalue weighted by atomic mass is 16.5. The van der Waals surface area contributed by atoms with Crippen LogP contribution in [0.1, 0.15) is 39.0 Å². The molecular weight excluding hydrogens is 138 g/mol. The van der Waals surface area contributed by atoms with Gasteiger partial charge < -0.3 is 4.74 Å². The first-order chi connectivity index (χ1) is 5.43. The lowest BCUT2D eigenvalue weighted by Crippen LogP contribution is -2.35. The van der Waals surface area contributed by atoms with Crippen molar-refractivity contribution in [2.24, 2.45) is 0 Å². The van der Waals surface area contributed by atoms with E-state index >= 15 is 0 Å². The van der Waals surface area contributed by atoms with Crippen LogP contribution in [-0.2, 0) is 4.74 Å². The number of hydrogen-bond acceptors (Lipinski definition) is 2. The molecule has 0 aromatic rings. The number of rotatable bonds is 4. The average molecular weight is 157 g/mol. The van der Waals surface area contributed by atoms with E-state index < -0.39 is 0 Å².